The number of aryl methyl sites for hydroxylation is 1. The van der Waals surface area contributed by atoms with E-state index in [1.54, 1.807) is 14.2 Å². The summed E-state index contributed by atoms with van der Waals surface area (Å²) in [6.45, 7) is 7.10. The number of hydrogen-bond acceptors (Lipinski definition) is 2. The molecule has 1 aromatic rings. The van der Waals surface area contributed by atoms with Crippen LogP contribution in [0.15, 0.2) is 18.2 Å². The minimum atomic E-state index is -1.04. The normalized spacial score (nSPS) is 11.4. The smallest absolute Gasteiger partial charge is 0.122 e. The highest BCUT2D eigenvalue weighted by Crippen LogP contribution is 2.29. The summed E-state index contributed by atoms with van der Waals surface area (Å²) in [7, 11) is 2.38. The molecule has 1 rings (SSSR count). The second kappa shape index (κ2) is 7.58. The molecule has 0 radical (unpaired) electrons. The van der Waals surface area contributed by atoms with Gasteiger partial charge >= 0.3 is 0 Å². The molecule has 2 nitrogen and oxygen atoms in total. The minimum absolute atomic E-state index is 0.895. The minimum Gasteiger partial charge on any atom is -0.497 e. The topological polar surface area (TPSA) is 18.5 Å². The fourth-order valence-corrected chi connectivity index (χ4v) is 6.08. The first-order valence-corrected chi connectivity index (χ1v) is 10.2. The van der Waals surface area contributed by atoms with Gasteiger partial charge in [0.1, 0.15) is 11.5 Å². The van der Waals surface area contributed by atoms with Gasteiger partial charge in [0.15, 0.2) is 0 Å². The highest BCUT2D eigenvalue weighted by atomic mass is 28.3. The molecule has 3 heteroatoms. The van der Waals surface area contributed by atoms with E-state index in [0.717, 1.165) is 17.9 Å². The molecule has 0 heterocycles. The summed E-state index contributed by atoms with van der Waals surface area (Å²) in [5.74, 6) is 1.79. The number of benzene rings is 1. The van der Waals surface area contributed by atoms with E-state index in [2.05, 4.69) is 32.9 Å². The summed E-state index contributed by atoms with van der Waals surface area (Å²) in [6, 6.07) is 11.8. The van der Waals surface area contributed by atoms with E-state index in [1.807, 2.05) is 6.07 Å². The van der Waals surface area contributed by atoms with Crippen molar-refractivity contribution in [3.8, 4) is 11.5 Å². The molecule has 0 unspecified atom stereocenters. The van der Waals surface area contributed by atoms with Gasteiger partial charge in [-0.05, 0) is 24.1 Å². The van der Waals surface area contributed by atoms with E-state index in [9.17, 15) is 0 Å². The van der Waals surface area contributed by atoms with E-state index in [1.165, 1.54) is 29.7 Å². The van der Waals surface area contributed by atoms with Gasteiger partial charge in [-0.15, -0.1) is 0 Å². The molecule has 0 N–H and O–H groups in total. The monoisotopic (exact) mass is 280 g/mol. The van der Waals surface area contributed by atoms with Gasteiger partial charge in [0, 0.05) is 6.07 Å². The lowest BCUT2D eigenvalue weighted by atomic mass is 10.1. The Bertz CT molecular complexity index is 356. The third-order valence-corrected chi connectivity index (χ3v) is 10.4. The molecule has 108 valence electrons. The lowest BCUT2D eigenvalue weighted by Gasteiger charge is -2.28. The average molecular weight is 280 g/mol. The standard InChI is InChI=1S/C16H28O2Si/c1-6-19(7-2,8-3)10-9-14-11-15(17-4)13-16(12-14)18-5/h11-13H,6-10H2,1-5H3. The highest BCUT2D eigenvalue weighted by molar-refractivity contribution is 6.79. The van der Waals surface area contributed by atoms with Crippen LogP contribution in [0.25, 0.3) is 0 Å². The van der Waals surface area contributed by atoms with Crippen molar-refractivity contribution < 1.29 is 9.47 Å². The summed E-state index contributed by atoms with van der Waals surface area (Å²) in [6.07, 6.45) is 1.15. The molecule has 0 saturated carbocycles. The van der Waals surface area contributed by atoms with Gasteiger partial charge in [0.25, 0.3) is 0 Å². The van der Waals surface area contributed by atoms with Gasteiger partial charge in [-0.3, -0.25) is 0 Å². The first-order valence-electron chi connectivity index (χ1n) is 7.35. The molecule has 0 aromatic heterocycles. The molecule has 0 bridgehead atoms. The molecule has 0 aliphatic rings. The maximum Gasteiger partial charge on any atom is 0.122 e. The Balaban J connectivity index is 2.81. The van der Waals surface area contributed by atoms with E-state index in [4.69, 9.17) is 9.47 Å². The summed E-state index contributed by atoms with van der Waals surface area (Å²) in [5, 5.41) is 0. The number of ether oxygens (including phenoxy) is 2. The van der Waals surface area contributed by atoms with Crippen LogP contribution < -0.4 is 9.47 Å². The summed E-state index contributed by atoms with van der Waals surface area (Å²) >= 11 is 0. The highest BCUT2D eigenvalue weighted by Gasteiger charge is 2.26. The third kappa shape index (κ3) is 4.27. The van der Waals surface area contributed by atoms with Crippen molar-refractivity contribution in [1.29, 1.82) is 0 Å². The Morgan fingerprint density at radius 1 is 0.842 bits per heavy atom. The first-order chi connectivity index (χ1) is 9.12. The van der Waals surface area contributed by atoms with E-state index in [-0.39, 0.29) is 0 Å². The Morgan fingerprint density at radius 2 is 1.32 bits per heavy atom. The Kier molecular flexibility index (Phi) is 6.42. The molecule has 0 fully saturated rings. The van der Waals surface area contributed by atoms with E-state index < -0.39 is 8.07 Å². The van der Waals surface area contributed by atoms with E-state index >= 15 is 0 Å². The van der Waals surface area contributed by atoms with Crippen LogP contribution >= 0.6 is 0 Å². The van der Waals surface area contributed by atoms with Crippen LogP contribution in [-0.2, 0) is 6.42 Å². The molecule has 19 heavy (non-hydrogen) atoms. The maximum atomic E-state index is 5.34. The van der Waals surface area contributed by atoms with Crippen LogP contribution in [0.5, 0.6) is 11.5 Å². The summed E-state index contributed by atoms with van der Waals surface area (Å²) in [4.78, 5) is 0. The predicted octanol–water partition coefficient (Wildman–Crippen LogP) is 4.75. The van der Waals surface area contributed by atoms with Crippen LogP contribution in [0, 0.1) is 0 Å². The van der Waals surface area contributed by atoms with Crippen molar-refractivity contribution in [2.24, 2.45) is 0 Å². The molecule has 0 aliphatic carbocycles. The second-order valence-electron chi connectivity index (χ2n) is 5.28. The Labute approximate surface area is 119 Å². The predicted molar refractivity (Wildman–Crippen MR) is 85.3 cm³/mol. The largest absolute Gasteiger partial charge is 0.497 e. The average Bonchev–Trinajstić information content (AvgIpc) is 2.48. The second-order valence-corrected chi connectivity index (χ2v) is 10.9. The number of rotatable bonds is 8. The lowest BCUT2D eigenvalue weighted by Crippen LogP contribution is -2.31. The van der Waals surface area contributed by atoms with Crippen LogP contribution in [0.4, 0.5) is 0 Å². The molecule has 0 spiro atoms. The number of methoxy groups -OCH3 is 2. The molecule has 0 saturated heterocycles. The van der Waals surface area contributed by atoms with Crippen LogP contribution in [-0.4, -0.2) is 22.3 Å². The van der Waals surface area contributed by atoms with Crippen molar-refractivity contribution in [3.05, 3.63) is 23.8 Å². The fourth-order valence-electron chi connectivity index (χ4n) is 2.70. The van der Waals surface area contributed by atoms with Crippen LogP contribution in [0.1, 0.15) is 26.3 Å². The molecule has 0 amide bonds. The zero-order chi connectivity index (χ0) is 14.3. The van der Waals surface area contributed by atoms with Crippen molar-refractivity contribution in [1.82, 2.24) is 0 Å². The summed E-state index contributed by atoms with van der Waals surface area (Å²) < 4.78 is 10.7. The SMILES string of the molecule is CC[Si](CC)(CC)CCc1cc(OC)cc(OC)c1. The Morgan fingerprint density at radius 3 is 1.68 bits per heavy atom. The van der Waals surface area contributed by atoms with Gasteiger partial charge in [0.05, 0.1) is 22.3 Å². The molecule has 1 aromatic carbocycles. The van der Waals surface area contributed by atoms with Crippen molar-refractivity contribution in [3.63, 3.8) is 0 Å². The third-order valence-electron chi connectivity index (χ3n) is 4.61. The fraction of sp³-hybridized carbons (Fsp3) is 0.625. The van der Waals surface area contributed by atoms with Gasteiger partial charge in [0.2, 0.25) is 0 Å². The van der Waals surface area contributed by atoms with Gasteiger partial charge in [-0.2, -0.15) is 0 Å². The van der Waals surface area contributed by atoms with Crippen LogP contribution in [0.3, 0.4) is 0 Å². The zero-order valence-corrected chi connectivity index (χ0v) is 14.1. The van der Waals surface area contributed by atoms with Crippen molar-refractivity contribution in [2.75, 3.05) is 14.2 Å². The zero-order valence-electron chi connectivity index (χ0n) is 13.1. The summed E-state index contributed by atoms with van der Waals surface area (Å²) in [5.41, 5.74) is 1.34. The molecular weight excluding hydrogens is 252 g/mol. The Hall–Kier alpha value is -0.963. The number of hydrogen-bond donors (Lipinski definition) is 0. The van der Waals surface area contributed by atoms with Crippen molar-refractivity contribution >= 4 is 8.07 Å². The molecule has 0 aliphatic heterocycles. The van der Waals surface area contributed by atoms with Crippen molar-refractivity contribution in [2.45, 2.75) is 51.4 Å². The van der Waals surface area contributed by atoms with Gasteiger partial charge in [-0.1, -0.05) is 44.9 Å². The molecular formula is C16H28O2Si. The van der Waals surface area contributed by atoms with Gasteiger partial charge < -0.3 is 9.47 Å². The quantitative estimate of drug-likeness (QED) is 0.639. The lowest BCUT2D eigenvalue weighted by molar-refractivity contribution is 0.393. The maximum absolute atomic E-state index is 5.34. The van der Waals surface area contributed by atoms with E-state index in [0.29, 0.717) is 0 Å². The van der Waals surface area contributed by atoms with Gasteiger partial charge in [-0.25, -0.2) is 0 Å². The molecule has 0 atom stereocenters. The first kappa shape index (κ1) is 16.1. The van der Waals surface area contributed by atoms with Crippen LogP contribution in [0.2, 0.25) is 24.2 Å².